The number of carbonyl (C=O) groups excluding carboxylic acids is 1. The Hall–Kier alpha value is -4.88. The Morgan fingerprint density at radius 2 is 2.04 bits per heavy atom. The second kappa shape index (κ2) is 13.7. The lowest BCUT2D eigenvalue weighted by Crippen LogP contribution is -2.48. The van der Waals surface area contributed by atoms with E-state index in [1.807, 2.05) is 49.4 Å². The summed E-state index contributed by atoms with van der Waals surface area (Å²) in [5.74, 6) is 0.753. The van der Waals surface area contributed by atoms with Crippen LogP contribution in [0.3, 0.4) is 0 Å². The van der Waals surface area contributed by atoms with Crippen LogP contribution in [-0.2, 0) is 24.4 Å². The number of rotatable bonds is 10. The van der Waals surface area contributed by atoms with Gasteiger partial charge in [0.2, 0.25) is 5.88 Å². The molecule has 1 atom stereocenters. The SMILES string of the molecule is Cc1cc(C(=O)Nc2ccc3c(c2)nc(CN2CC=C(c4cccc(OCc5ccc(Cl)cc5F)n4)CC2)n3C[C@]2([Si])CCO2)cc2cn[nH]c12. The maximum Gasteiger partial charge on any atom is 0.255 e. The first-order valence-corrected chi connectivity index (χ1v) is 17.7. The maximum atomic E-state index is 14.2. The molecule has 2 aliphatic heterocycles. The fourth-order valence-electron chi connectivity index (χ4n) is 6.60. The molecule has 1 fully saturated rings. The van der Waals surface area contributed by atoms with Crippen molar-refractivity contribution in [3.8, 4) is 5.88 Å². The summed E-state index contributed by atoms with van der Waals surface area (Å²) in [7, 11) is 3.86. The number of hydrogen-bond acceptors (Lipinski definition) is 7. The first kappa shape index (κ1) is 33.3. The van der Waals surface area contributed by atoms with Crippen LogP contribution in [0.25, 0.3) is 27.5 Å². The third kappa shape index (κ3) is 7.04. The van der Waals surface area contributed by atoms with Crippen LogP contribution in [0.2, 0.25) is 5.02 Å². The van der Waals surface area contributed by atoms with Gasteiger partial charge in [-0.2, -0.15) is 5.10 Å². The number of fused-ring (bicyclic) bond motifs is 2. The molecule has 0 aliphatic carbocycles. The average molecular weight is 719 g/mol. The molecule has 0 saturated carbocycles. The molecule has 3 aromatic carbocycles. The van der Waals surface area contributed by atoms with Gasteiger partial charge in [0, 0.05) is 59.5 Å². The highest BCUT2D eigenvalue weighted by molar-refractivity contribution is 6.30. The molecular weight excluding hydrogens is 685 g/mol. The van der Waals surface area contributed by atoms with Gasteiger partial charge in [0.25, 0.3) is 5.91 Å². The molecule has 8 rings (SSSR count). The minimum absolute atomic E-state index is 0.0592. The molecular formula is C38H34ClFN7O3Si. The van der Waals surface area contributed by atoms with Gasteiger partial charge >= 0.3 is 0 Å². The van der Waals surface area contributed by atoms with Crippen molar-refractivity contribution in [3.05, 3.63) is 118 Å². The summed E-state index contributed by atoms with van der Waals surface area (Å²) in [5.41, 5.74) is 7.27. The number of anilines is 1. The maximum absolute atomic E-state index is 14.2. The number of halogens is 2. The number of benzene rings is 3. The number of aromatic nitrogens is 5. The Labute approximate surface area is 302 Å². The Balaban J connectivity index is 0.978. The van der Waals surface area contributed by atoms with Crippen molar-refractivity contribution in [2.75, 3.05) is 25.0 Å². The van der Waals surface area contributed by atoms with Crippen molar-refractivity contribution in [3.63, 3.8) is 0 Å². The van der Waals surface area contributed by atoms with Gasteiger partial charge in [0.05, 0.1) is 50.5 Å². The minimum Gasteiger partial charge on any atom is -0.473 e. The number of H-pyrrole nitrogens is 1. The molecule has 5 heterocycles. The molecule has 0 unspecified atom stereocenters. The van der Waals surface area contributed by atoms with E-state index in [2.05, 4.69) is 41.3 Å². The first-order chi connectivity index (χ1) is 24.7. The lowest BCUT2D eigenvalue weighted by atomic mass is 10.0. The quantitative estimate of drug-likeness (QED) is 0.150. The van der Waals surface area contributed by atoms with E-state index in [1.165, 1.54) is 6.07 Å². The molecule has 257 valence electrons. The summed E-state index contributed by atoms with van der Waals surface area (Å²) in [4.78, 5) is 25.4. The molecule has 1 saturated heterocycles. The summed E-state index contributed by atoms with van der Waals surface area (Å²) in [6.45, 7) is 5.51. The van der Waals surface area contributed by atoms with E-state index in [-0.39, 0.29) is 12.5 Å². The Morgan fingerprint density at radius 3 is 2.82 bits per heavy atom. The Bertz CT molecular complexity index is 2320. The second-order valence-corrected chi connectivity index (χ2v) is 14.4. The van der Waals surface area contributed by atoms with Crippen molar-refractivity contribution in [1.29, 1.82) is 0 Å². The third-order valence-corrected chi connectivity index (χ3v) is 10.3. The molecule has 0 spiro atoms. The number of ether oxygens (including phenoxy) is 2. The highest BCUT2D eigenvalue weighted by Gasteiger charge is 2.35. The normalized spacial score (nSPS) is 17.8. The van der Waals surface area contributed by atoms with E-state index in [0.29, 0.717) is 47.4 Å². The predicted octanol–water partition coefficient (Wildman–Crippen LogP) is 6.81. The topological polar surface area (TPSA) is 110 Å². The van der Waals surface area contributed by atoms with Gasteiger partial charge in [0.15, 0.2) is 0 Å². The highest BCUT2D eigenvalue weighted by atomic mass is 35.5. The number of amides is 1. The molecule has 3 aromatic heterocycles. The number of imidazole rings is 1. The monoisotopic (exact) mass is 718 g/mol. The zero-order chi connectivity index (χ0) is 35.1. The van der Waals surface area contributed by atoms with Gasteiger partial charge in [0.1, 0.15) is 18.2 Å². The zero-order valence-electron chi connectivity index (χ0n) is 27.9. The van der Waals surface area contributed by atoms with E-state index >= 15 is 0 Å². The molecule has 6 aromatic rings. The fraction of sp³-hybridized carbons (Fsp3) is 0.263. The van der Waals surface area contributed by atoms with Crippen molar-refractivity contribution in [2.45, 2.75) is 44.7 Å². The summed E-state index contributed by atoms with van der Waals surface area (Å²) in [6, 6.07) is 19.7. The van der Waals surface area contributed by atoms with Gasteiger partial charge in [-0.3, -0.25) is 14.8 Å². The van der Waals surface area contributed by atoms with Crippen molar-refractivity contribution >= 4 is 60.9 Å². The number of aryl methyl sites for hydroxylation is 1. The molecule has 2 aliphatic rings. The van der Waals surface area contributed by atoms with Crippen LogP contribution >= 0.6 is 11.6 Å². The smallest absolute Gasteiger partial charge is 0.255 e. The Kier molecular flexibility index (Phi) is 8.92. The second-order valence-electron chi connectivity index (χ2n) is 13.1. The van der Waals surface area contributed by atoms with E-state index in [4.69, 9.17) is 31.0 Å². The van der Waals surface area contributed by atoms with Crippen LogP contribution in [-0.4, -0.2) is 70.7 Å². The number of aromatic amines is 1. The highest BCUT2D eigenvalue weighted by Crippen LogP contribution is 2.31. The van der Waals surface area contributed by atoms with E-state index < -0.39 is 11.0 Å². The fourth-order valence-corrected chi connectivity index (χ4v) is 7.13. The van der Waals surface area contributed by atoms with Crippen LogP contribution in [0.5, 0.6) is 5.88 Å². The van der Waals surface area contributed by atoms with E-state index in [0.717, 1.165) is 70.5 Å². The molecule has 0 bridgehead atoms. The molecule has 13 heteroatoms. The number of hydrogen-bond donors (Lipinski definition) is 2. The van der Waals surface area contributed by atoms with Gasteiger partial charge in [-0.05, 0) is 79.4 Å². The number of nitrogens with one attached hydrogen (secondary N) is 2. The van der Waals surface area contributed by atoms with Crippen LogP contribution in [0.4, 0.5) is 10.1 Å². The lowest BCUT2D eigenvalue weighted by molar-refractivity contribution is -0.0947. The zero-order valence-corrected chi connectivity index (χ0v) is 29.6. The summed E-state index contributed by atoms with van der Waals surface area (Å²) >= 11 is 5.88. The van der Waals surface area contributed by atoms with Gasteiger partial charge in [-0.1, -0.05) is 29.8 Å². The molecule has 2 N–H and O–H groups in total. The Morgan fingerprint density at radius 1 is 1.16 bits per heavy atom. The number of nitrogens with zero attached hydrogens (tertiary/aromatic N) is 5. The average Bonchev–Trinajstić information content (AvgIpc) is 3.72. The predicted molar refractivity (Wildman–Crippen MR) is 195 cm³/mol. The first-order valence-electron chi connectivity index (χ1n) is 16.8. The standard InChI is InChI=1S/C38H34ClFN7O3Si/c1-23-15-26(16-27-19-41-45-36(23)27)37(48)42-29-7-8-33-32(18-29)43-34(47(33)22-38(51)11-14-50-38)20-46-12-9-24(10-13-46)31-3-2-4-35(44-31)49-21-25-5-6-28(39)17-30(25)40/h2-9,15-19H,10-14,20-22H2,1H3,(H,41,45)(H,42,48)/t38-/m1/s1. The van der Waals surface area contributed by atoms with Gasteiger partial charge in [-0.15, -0.1) is 0 Å². The van der Waals surface area contributed by atoms with E-state index in [9.17, 15) is 9.18 Å². The molecule has 1 amide bonds. The molecule has 3 radical (unpaired) electrons. The summed E-state index contributed by atoms with van der Waals surface area (Å²) in [6.07, 6.45) is 5.61. The van der Waals surface area contributed by atoms with E-state index in [1.54, 1.807) is 24.4 Å². The summed E-state index contributed by atoms with van der Waals surface area (Å²) < 4.78 is 28.2. The van der Waals surface area contributed by atoms with Crippen LogP contribution in [0.1, 0.15) is 45.8 Å². The van der Waals surface area contributed by atoms with Crippen LogP contribution in [0, 0.1) is 12.7 Å². The van der Waals surface area contributed by atoms with Crippen molar-refractivity contribution in [1.82, 2.24) is 29.6 Å². The molecule has 51 heavy (non-hydrogen) atoms. The number of pyridine rings is 1. The van der Waals surface area contributed by atoms with Gasteiger partial charge < -0.3 is 19.4 Å². The van der Waals surface area contributed by atoms with Crippen LogP contribution in [0.15, 0.2) is 79.0 Å². The lowest BCUT2D eigenvalue weighted by Gasteiger charge is -2.39. The summed E-state index contributed by atoms with van der Waals surface area (Å²) in [5, 5.41) is 10.9. The molecule has 10 nitrogen and oxygen atoms in total. The van der Waals surface area contributed by atoms with Gasteiger partial charge in [-0.25, -0.2) is 14.4 Å². The van der Waals surface area contributed by atoms with Crippen molar-refractivity contribution < 1.29 is 18.7 Å². The minimum atomic E-state index is -0.439. The van der Waals surface area contributed by atoms with Crippen LogP contribution < -0.4 is 10.1 Å². The third-order valence-electron chi connectivity index (χ3n) is 9.49. The largest absolute Gasteiger partial charge is 0.473 e. The number of carbonyl (C=O) groups is 1. The van der Waals surface area contributed by atoms with Crippen molar-refractivity contribution in [2.24, 2.45) is 0 Å².